The van der Waals surface area contributed by atoms with Crippen LogP contribution in [-0.4, -0.2) is 51.4 Å². The normalized spacial score (nSPS) is 11.8. The summed E-state index contributed by atoms with van der Waals surface area (Å²) in [4.78, 5) is 29.9. The Morgan fingerprint density at radius 2 is 1.51 bits per heavy atom. The van der Waals surface area contributed by atoms with Gasteiger partial charge in [-0.2, -0.15) is 0 Å². The van der Waals surface area contributed by atoms with Crippen molar-refractivity contribution in [3.8, 4) is 5.75 Å². The zero-order chi connectivity index (χ0) is 32.2. The van der Waals surface area contributed by atoms with E-state index in [0.717, 1.165) is 33.8 Å². The number of methoxy groups -OCH3 is 1. The summed E-state index contributed by atoms with van der Waals surface area (Å²) >= 11 is 0. The molecule has 236 valence electrons. The number of benzene rings is 4. The third-order valence-electron chi connectivity index (χ3n) is 7.49. The van der Waals surface area contributed by atoms with E-state index in [4.69, 9.17) is 4.74 Å². The van der Waals surface area contributed by atoms with Crippen molar-refractivity contribution < 1.29 is 22.7 Å². The summed E-state index contributed by atoms with van der Waals surface area (Å²) < 4.78 is 34.7. The van der Waals surface area contributed by atoms with Gasteiger partial charge in [0, 0.05) is 19.5 Å². The summed E-state index contributed by atoms with van der Waals surface area (Å²) in [6, 6.07) is 31.0. The molecule has 0 saturated carbocycles. The van der Waals surface area contributed by atoms with Crippen LogP contribution in [0.25, 0.3) is 0 Å². The highest BCUT2D eigenvalue weighted by Gasteiger charge is 2.34. The van der Waals surface area contributed by atoms with Gasteiger partial charge in [-0.1, -0.05) is 86.1 Å². The number of unbranched alkanes of at least 4 members (excludes halogenated alkanes) is 1. The standard InChI is InChI=1S/C36H41N3O5S/c1-4-5-22-37-36(41)34(25-29-15-8-6-9-16-29)38(26-30-17-13-19-32(24-30)44-3)35(40)27-39(31-18-12-14-28(2)23-31)45(42,43)33-20-10-7-11-21-33/h6-21,23-24,34H,4-5,22,25-27H2,1-3H3,(H,37,41). The summed E-state index contributed by atoms with van der Waals surface area (Å²) in [6.45, 7) is 3.95. The topological polar surface area (TPSA) is 96.0 Å². The first-order valence-corrected chi connectivity index (χ1v) is 16.6. The van der Waals surface area contributed by atoms with Crippen LogP contribution in [0.4, 0.5) is 5.69 Å². The predicted molar refractivity (Wildman–Crippen MR) is 178 cm³/mol. The average Bonchev–Trinajstić information content (AvgIpc) is 3.06. The zero-order valence-electron chi connectivity index (χ0n) is 26.1. The molecule has 2 amide bonds. The van der Waals surface area contributed by atoms with Crippen molar-refractivity contribution >= 4 is 27.5 Å². The van der Waals surface area contributed by atoms with Gasteiger partial charge in [-0.15, -0.1) is 0 Å². The minimum absolute atomic E-state index is 0.0665. The third kappa shape index (κ3) is 8.95. The molecule has 0 aliphatic rings. The summed E-state index contributed by atoms with van der Waals surface area (Å²) in [6.07, 6.45) is 1.95. The fraction of sp³-hybridized carbons (Fsp3) is 0.278. The molecular formula is C36H41N3O5S. The molecule has 1 N–H and O–H groups in total. The van der Waals surface area contributed by atoms with Crippen LogP contribution < -0.4 is 14.4 Å². The Hall–Kier alpha value is -4.63. The maximum absolute atomic E-state index is 14.5. The summed E-state index contributed by atoms with van der Waals surface area (Å²) in [5.41, 5.74) is 2.83. The van der Waals surface area contributed by atoms with Crippen molar-refractivity contribution in [2.45, 2.75) is 50.6 Å². The molecular weight excluding hydrogens is 586 g/mol. The van der Waals surface area contributed by atoms with E-state index >= 15 is 0 Å². The molecule has 4 rings (SSSR count). The van der Waals surface area contributed by atoms with Gasteiger partial charge in [0.25, 0.3) is 10.0 Å². The van der Waals surface area contributed by atoms with E-state index in [-0.39, 0.29) is 23.8 Å². The molecule has 0 radical (unpaired) electrons. The van der Waals surface area contributed by atoms with Crippen molar-refractivity contribution in [3.05, 3.63) is 126 Å². The molecule has 0 aromatic heterocycles. The monoisotopic (exact) mass is 627 g/mol. The Kier molecular flexibility index (Phi) is 11.8. The van der Waals surface area contributed by atoms with E-state index in [1.807, 2.05) is 68.4 Å². The summed E-state index contributed by atoms with van der Waals surface area (Å²) in [7, 11) is -2.58. The molecule has 9 heteroatoms. The zero-order valence-corrected chi connectivity index (χ0v) is 26.9. The first-order valence-electron chi connectivity index (χ1n) is 15.1. The van der Waals surface area contributed by atoms with Crippen molar-refractivity contribution in [2.75, 3.05) is 24.5 Å². The molecule has 4 aromatic rings. The number of anilines is 1. The smallest absolute Gasteiger partial charge is 0.264 e. The van der Waals surface area contributed by atoms with Gasteiger partial charge in [0.1, 0.15) is 18.3 Å². The number of amides is 2. The highest BCUT2D eigenvalue weighted by molar-refractivity contribution is 7.92. The minimum atomic E-state index is -4.14. The van der Waals surface area contributed by atoms with Gasteiger partial charge >= 0.3 is 0 Å². The van der Waals surface area contributed by atoms with E-state index < -0.39 is 28.5 Å². The van der Waals surface area contributed by atoms with E-state index in [1.54, 1.807) is 49.6 Å². The molecule has 0 saturated heterocycles. The van der Waals surface area contributed by atoms with Crippen LogP contribution in [-0.2, 0) is 32.6 Å². The maximum atomic E-state index is 14.5. The van der Waals surface area contributed by atoms with Gasteiger partial charge in [0.15, 0.2) is 0 Å². The van der Waals surface area contributed by atoms with E-state index in [2.05, 4.69) is 5.32 Å². The fourth-order valence-electron chi connectivity index (χ4n) is 5.06. The lowest BCUT2D eigenvalue weighted by atomic mass is 10.0. The quantitative estimate of drug-likeness (QED) is 0.169. The van der Waals surface area contributed by atoms with Crippen molar-refractivity contribution in [1.29, 1.82) is 0 Å². The van der Waals surface area contributed by atoms with Crippen molar-refractivity contribution in [3.63, 3.8) is 0 Å². The van der Waals surface area contributed by atoms with Crippen LogP contribution in [0, 0.1) is 6.92 Å². The number of hydrogen-bond acceptors (Lipinski definition) is 5. The molecule has 4 aromatic carbocycles. The highest BCUT2D eigenvalue weighted by Crippen LogP contribution is 2.26. The molecule has 0 bridgehead atoms. The number of aryl methyl sites for hydroxylation is 1. The van der Waals surface area contributed by atoms with Gasteiger partial charge in [-0.05, 0) is 66.4 Å². The molecule has 0 aliphatic heterocycles. The minimum Gasteiger partial charge on any atom is -0.497 e. The molecule has 0 aliphatic carbocycles. The predicted octanol–water partition coefficient (Wildman–Crippen LogP) is 5.76. The van der Waals surface area contributed by atoms with Gasteiger partial charge < -0.3 is 15.0 Å². The molecule has 1 atom stereocenters. The van der Waals surface area contributed by atoms with Crippen LogP contribution in [0.2, 0.25) is 0 Å². The maximum Gasteiger partial charge on any atom is 0.264 e. The number of nitrogens with one attached hydrogen (secondary N) is 1. The summed E-state index contributed by atoms with van der Waals surface area (Å²) in [5.74, 6) is -0.193. The second-order valence-corrected chi connectivity index (χ2v) is 12.7. The van der Waals surface area contributed by atoms with E-state index in [9.17, 15) is 18.0 Å². The molecule has 1 unspecified atom stereocenters. The van der Waals surface area contributed by atoms with Crippen LogP contribution in [0.15, 0.2) is 114 Å². The number of nitrogens with zero attached hydrogens (tertiary/aromatic N) is 2. The molecule has 45 heavy (non-hydrogen) atoms. The highest BCUT2D eigenvalue weighted by atomic mass is 32.2. The van der Waals surface area contributed by atoms with Crippen LogP contribution >= 0.6 is 0 Å². The second kappa shape index (κ2) is 15.9. The first-order chi connectivity index (χ1) is 21.7. The summed E-state index contributed by atoms with van der Waals surface area (Å²) in [5, 5.41) is 3.01. The number of carbonyl (C=O) groups is 2. The number of hydrogen-bond donors (Lipinski definition) is 1. The number of rotatable bonds is 15. The molecule has 8 nitrogen and oxygen atoms in total. The Morgan fingerprint density at radius 3 is 2.18 bits per heavy atom. The molecule has 0 fully saturated rings. The number of sulfonamides is 1. The third-order valence-corrected chi connectivity index (χ3v) is 9.28. The fourth-order valence-corrected chi connectivity index (χ4v) is 6.49. The van der Waals surface area contributed by atoms with Gasteiger partial charge in [0.2, 0.25) is 11.8 Å². The molecule has 0 spiro atoms. The van der Waals surface area contributed by atoms with Crippen LogP contribution in [0.3, 0.4) is 0 Å². The van der Waals surface area contributed by atoms with E-state index in [1.165, 1.54) is 17.0 Å². The largest absolute Gasteiger partial charge is 0.497 e. The van der Waals surface area contributed by atoms with Gasteiger partial charge in [-0.3, -0.25) is 13.9 Å². The van der Waals surface area contributed by atoms with Crippen molar-refractivity contribution in [2.24, 2.45) is 0 Å². The van der Waals surface area contributed by atoms with E-state index in [0.29, 0.717) is 18.0 Å². The Balaban J connectivity index is 1.79. The Labute approximate surface area is 266 Å². The lowest BCUT2D eigenvalue weighted by Crippen LogP contribution is -2.53. The van der Waals surface area contributed by atoms with Crippen molar-refractivity contribution in [1.82, 2.24) is 10.2 Å². The van der Waals surface area contributed by atoms with Gasteiger partial charge in [0.05, 0.1) is 17.7 Å². The second-order valence-electron chi connectivity index (χ2n) is 10.9. The Morgan fingerprint density at radius 1 is 0.844 bits per heavy atom. The lowest BCUT2D eigenvalue weighted by molar-refractivity contribution is -0.140. The number of carbonyl (C=O) groups excluding carboxylic acids is 2. The van der Waals surface area contributed by atoms with Gasteiger partial charge in [-0.25, -0.2) is 8.42 Å². The average molecular weight is 628 g/mol. The Bertz CT molecular complexity index is 1660. The lowest BCUT2D eigenvalue weighted by Gasteiger charge is -2.34. The van der Waals surface area contributed by atoms with Crippen LogP contribution in [0.5, 0.6) is 5.75 Å². The molecule has 0 heterocycles. The van der Waals surface area contributed by atoms with Crippen LogP contribution in [0.1, 0.15) is 36.5 Å². The number of ether oxygens (including phenoxy) is 1. The first kappa shape index (κ1) is 33.3. The SMILES string of the molecule is CCCCNC(=O)C(Cc1ccccc1)N(Cc1cccc(OC)c1)C(=O)CN(c1cccc(C)c1)S(=O)(=O)c1ccccc1.